The lowest BCUT2D eigenvalue weighted by Gasteiger charge is -2.51. The number of ether oxygens (including phenoxy) is 2. The van der Waals surface area contributed by atoms with Crippen molar-refractivity contribution in [2.24, 2.45) is 5.10 Å². The van der Waals surface area contributed by atoms with E-state index in [9.17, 15) is 0 Å². The molecule has 0 unspecified atom stereocenters. The number of likely N-dealkylation sites (tertiary alicyclic amines) is 1. The number of para-hydroxylation sites is 1. The predicted octanol–water partition coefficient (Wildman–Crippen LogP) is 4.44. The summed E-state index contributed by atoms with van der Waals surface area (Å²) in [6.07, 6.45) is 2.76. The van der Waals surface area contributed by atoms with Gasteiger partial charge >= 0.3 is 0 Å². The molecule has 5 heteroatoms. The largest absolute Gasteiger partial charge is 0.493 e. The van der Waals surface area contributed by atoms with E-state index in [4.69, 9.17) is 14.6 Å². The zero-order chi connectivity index (χ0) is 20.0. The fourth-order valence-corrected chi connectivity index (χ4v) is 4.96. The van der Waals surface area contributed by atoms with Gasteiger partial charge in [0, 0.05) is 44.0 Å². The van der Waals surface area contributed by atoms with E-state index in [-0.39, 0.29) is 6.04 Å². The van der Waals surface area contributed by atoms with Gasteiger partial charge in [-0.1, -0.05) is 42.5 Å². The molecule has 2 aromatic rings. The summed E-state index contributed by atoms with van der Waals surface area (Å²) >= 11 is 0. The number of rotatable bonds is 3. The summed E-state index contributed by atoms with van der Waals surface area (Å²) < 4.78 is 12.5. The SMILES string of the molecule is COc1cccc2c1OC1(CCN(C(C)C)CC1)N1N=C(c3ccccc3)C[C@H]21. The van der Waals surface area contributed by atoms with Gasteiger partial charge in [0.15, 0.2) is 11.5 Å². The van der Waals surface area contributed by atoms with Crippen molar-refractivity contribution in [2.45, 2.75) is 50.9 Å². The Morgan fingerprint density at radius 1 is 1.07 bits per heavy atom. The van der Waals surface area contributed by atoms with Gasteiger partial charge in [-0.25, -0.2) is 5.01 Å². The summed E-state index contributed by atoms with van der Waals surface area (Å²) in [5.41, 5.74) is 3.10. The number of methoxy groups -OCH3 is 1. The topological polar surface area (TPSA) is 37.3 Å². The van der Waals surface area contributed by atoms with Crippen molar-refractivity contribution in [3.05, 3.63) is 59.7 Å². The molecule has 0 radical (unpaired) electrons. The minimum absolute atomic E-state index is 0.189. The smallest absolute Gasteiger partial charge is 0.200 e. The van der Waals surface area contributed by atoms with E-state index in [0.717, 1.165) is 49.6 Å². The van der Waals surface area contributed by atoms with Crippen LogP contribution in [0.2, 0.25) is 0 Å². The van der Waals surface area contributed by atoms with Gasteiger partial charge in [-0.3, -0.25) is 0 Å². The van der Waals surface area contributed by atoms with Crippen LogP contribution in [0.3, 0.4) is 0 Å². The van der Waals surface area contributed by atoms with Crippen LogP contribution in [0.5, 0.6) is 11.5 Å². The molecule has 1 atom stereocenters. The number of benzene rings is 2. The lowest BCUT2D eigenvalue weighted by atomic mass is 9.90. The van der Waals surface area contributed by atoms with Gasteiger partial charge in [-0.2, -0.15) is 5.10 Å². The van der Waals surface area contributed by atoms with Crippen LogP contribution in [0.15, 0.2) is 53.6 Å². The molecule has 5 rings (SSSR count). The summed E-state index contributed by atoms with van der Waals surface area (Å²) in [5, 5.41) is 7.42. The highest BCUT2D eigenvalue weighted by molar-refractivity contribution is 6.02. The van der Waals surface area contributed by atoms with E-state index in [2.05, 4.69) is 66.2 Å². The Kier molecular flexibility index (Phi) is 4.50. The van der Waals surface area contributed by atoms with E-state index in [0.29, 0.717) is 6.04 Å². The van der Waals surface area contributed by atoms with Crippen molar-refractivity contribution in [2.75, 3.05) is 20.2 Å². The van der Waals surface area contributed by atoms with Gasteiger partial charge in [0.05, 0.1) is 18.9 Å². The maximum atomic E-state index is 6.78. The first-order valence-electron chi connectivity index (χ1n) is 10.6. The number of hydrogen-bond donors (Lipinski definition) is 0. The normalized spacial score (nSPS) is 22.8. The van der Waals surface area contributed by atoms with Crippen LogP contribution in [0, 0.1) is 0 Å². The third-order valence-electron chi connectivity index (χ3n) is 6.62. The van der Waals surface area contributed by atoms with E-state index in [1.807, 2.05) is 6.07 Å². The van der Waals surface area contributed by atoms with Crippen molar-refractivity contribution in [1.82, 2.24) is 9.91 Å². The third kappa shape index (κ3) is 2.99. The molecule has 3 aliphatic rings. The molecule has 0 aliphatic carbocycles. The summed E-state index contributed by atoms with van der Waals surface area (Å²) in [6, 6.07) is 17.5. The van der Waals surface area contributed by atoms with Crippen molar-refractivity contribution >= 4 is 5.71 Å². The van der Waals surface area contributed by atoms with Gasteiger partial charge in [-0.05, 0) is 25.5 Å². The molecule has 0 N–H and O–H groups in total. The Morgan fingerprint density at radius 2 is 1.83 bits per heavy atom. The Bertz CT molecular complexity index is 917. The average molecular weight is 392 g/mol. The molecular formula is C24H29N3O2. The molecule has 0 amide bonds. The number of hydrogen-bond acceptors (Lipinski definition) is 5. The molecule has 5 nitrogen and oxygen atoms in total. The third-order valence-corrected chi connectivity index (χ3v) is 6.62. The molecule has 3 aliphatic heterocycles. The lowest BCUT2D eigenvalue weighted by molar-refractivity contribution is -0.153. The second-order valence-corrected chi connectivity index (χ2v) is 8.53. The molecule has 1 spiro atoms. The molecule has 29 heavy (non-hydrogen) atoms. The standard InChI is InChI=1S/C24H29N3O2/c1-17(2)26-14-12-24(13-15-26)27-21(16-20(25-27)18-8-5-4-6-9-18)19-10-7-11-22(28-3)23(19)29-24/h4-11,17,21H,12-16H2,1-3H3/t21-/m1/s1. The Labute approximate surface area is 172 Å². The molecule has 0 saturated carbocycles. The van der Waals surface area contributed by atoms with Crippen LogP contribution in [0.4, 0.5) is 0 Å². The quantitative estimate of drug-likeness (QED) is 0.775. The summed E-state index contributed by atoms with van der Waals surface area (Å²) in [5.74, 6) is 1.72. The minimum atomic E-state index is -0.409. The monoisotopic (exact) mass is 391 g/mol. The maximum Gasteiger partial charge on any atom is 0.200 e. The van der Waals surface area contributed by atoms with E-state index in [1.165, 1.54) is 11.1 Å². The molecule has 0 bridgehead atoms. The van der Waals surface area contributed by atoms with Crippen LogP contribution >= 0.6 is 0 Å². The van der Waals surface area contributed by atoms with Crippen LogP contribution in [0.25, 0.3) is 0 Å². The minimum Gasteiger partial charge on any atom is -0.493 e. The fraction of sp³-hybridized carbons (Fsp3) is 0.458. The predicted molar refractivity (Wildman–Crippen MR) is 114 cm³/mol. The second kappa shape index (κ2) is 7.06. The second-order valence-electron chi connectivity index (χ2n) is 8.53. The fourth-order valence-electron chi connectivity index (χ4n) is 4.96. The number of nitrogens with zero attached hydrogens (tertiary/aromatic N) is 3. The first kappa shape index (κ1) is 18.5. The highest BCUT2D eigenvalue weighted by Gasteiger charge is 2.52. The molecular weight excluding hydrogens is 362 g/mol. The van der Waals surface area contributed by atoms with Gasteiger partial charge < -0.3 is 14.4 Å². The molecule has 3 heterocycles. The van der Waals surface area contributed by atoms with Gasteiger partial charge in [0.25, 0.3) is 0 Å². The summed E-state index contributed by atoms with van der Waals surface area (Å²) in [6.45, 7) is 6.56. The van der Waals surface area contributed by atoms with Gasteiger partial charge in [0.1, 0.15) is 0 Å². The molecule has 152 valence electrons. The number of piperidine rings is 1. The van der Waals surface area contributed by atoms with Crippen molar-refractivity contribution in [3.63, 3.8) is 0 Å². The highest BCUT2D eigenvalue weighted by Crippen LogP contribution is 2.52. The van der Waals surface area contributed by atoms with E-state index < -0.39 is 5.72 Å². The molecule has 1 saturated heterocycles. The summed E-state index contributed by atoms with van der Waals surface area (Å²) in [4.78, 5) is 2.53. The van der Waals surface area contributed by atoms with Crippen LogP contribution in [-0.4, -0.2) is 47.6 Å². The van der Waals surface area contributed by atoms with Crippen LogP contribution < -0.4 is 9.47 Å². The molecule has 2 aromatic carbocycles. The Hall–Kier alpha value is -2.53. The maximum absolute atomic E-state index is 6.78. The molecule has 1 fully saturated rings. The van der Waals surface area contributed by atoms with Crippen molar-refractivity contribution < 1.29 is 9.47 Å². The Morgan fingerprint density at radius 3 is 2.52 bits per heavy atom. The van der Waals surface area contributed by atoms with Crippen molar-refractivity contribution in [3.8, 4) is 11.5 Å². The van der Waals surface area contributed by atoms with E-state index >= 15 is 0 Å². The number of fused-ring (bicyclic) bond motifs is 4. The Balaban J connectivity index is 1.57. The zero-order valence-corrected chi connectivity index (χ0v) is 17.5. The van der Waals surface area contributed by atoms with E-state index in [1.54, 1.807) is 7.11 Å². The summed E-state index contributed by atoms with van der Waals surface area (Å²) in [7, 11) is 1.72. The lowest BCUT2D eigenvalue weighted by Crippen LogP contribution is -2.59. The van der Waals surface area contributed by atoms with Crippen LogP contribution in [0.1, 0.15) is 50.3 Å². The first-order chi connectivity index (χ1) is 14.1. The van der Waals surface area contributed by atoms with Gasteiger partial charge in [-0.15, -0.1) is 0 Å². The van der Waals surface area contributed by atoms with Crippen molar-refractivity contribution in [1.29, 1.82) is 0 Å². The van der Waals surface area contributed by atoms with Crippen LogP contribution in [-0.2, 0) is 0 Å². The highest BCUT2D eigenvalue weighted by atomic mass is 16.5. The average Bonchev–Trinajstić information content (AvgIpc) is 3.21. The van der Waals surface area contributed by atoms with Gasteiger partial charge in [0.2, 0.25) is 5.72 Å². The molecule has 0 aromatic heterocycles. The zero-order valence-electron chi connectivity index (χ0n) is 17.5. The first-order valence-corrected chi connectivity index (χ1v) is 10.6. The number of hydrazone groups is 1.